The fourth-order valence-electron chi connectivity index (χ4n) is 2.01. The van der Waals surface area contributed by atoms with Crippen LogP contribution in [-0.2, 0) is 6.42 Å². The van der Waals surface area contributed by atoms with Gasteiger partial charge in [0, 0.05) is 13.0 Å². The van der Waals surface area contributed by atoms with Crippen LogP contribution in [0.15, 0.2) is 18.2 Å². The van der Waals surface area contributed by atoms with E-state index in [-0.39, 0.29) is 0 Å². The number of aryl methyl sites for hydroxylation is 1. The highest BCUT2D eigenvalue weighted by molar-refractivity contribution is 5.43. The Hall–Kier alpha value is -1.02. The predicted octanol–water partition coefficient (Wildman–Crippen LogP) is 1.86. The molecule has 1 aromatic carbocycles. The van der Waals surface area contributed by atoms with E-state index in [1.807, 2.05) is 0 Å². The van der Waals surface area contributed by atoms with Crippen molar-refractivity contribution in [1.82, 2.24) is 4.90 Å². The summed E-state index contributed by atoms with van der Waals surface area (Å²) in [5.74, 6) is 1.11. The first-order valence-electron chi connectivity index (χ1n) is 5.06. The molecule has 0 aliphatic carbocycles. The van der Waals surface area contributed by atoms with Gasteiger partial charge in [-0.1, -0.05) is 18.2 Å². The summed E-state index contributed by atoms with van der Waals surface area (Å²) in [4.78, 5) is 2.17. The lowest BCUT2D eigenvalue weighted by Crippen LogP contribution is -2.29. The second-order valence-corrected chi connectivity index (χ2v) is 4.27. The number of hydrogen-bond acceptors (Lipinski definition) is 2. The third-order valence-electron chi connectivity index (χ3n) is 2.59. The third kappa shape index (κ3) is 1.75. The first-order valence-corrected chi connectivity index (χ1v) is 5.06. The minimum absolute atomic E-state index is 0.334. The van der Waals surface area contributed by atoms with Gasteiger partial charge >= 0.3 is 0 Å². The average molecular weight is 191 g/mol. The van der Waals surface area contributed by atoms with E-state index in [9.17, 15) is 0 Å². The lowest BCUT2D eigenvalue weighted by Gasteiger charge is -2.16. The van der Waals surface area contributed by atoms with Crippen LogP contribution in [-0.4, -0.2) is 31.6 Å². The Balaban J connectivity index is 2.14. The van der Waals surface area contributed by atoms with Crippen molar-refractivity contribution in [3.05, 3.63) is 29.3 Å². The Labute approximate surface area is 85.5 Å². The molecule has 1 aliphatic rings. The Bertz CT molecular complexity index is 333. The molecule has 76 valence electrons. The molecule has 14 heavy (non-hydrogen) atoms. The normalized spacial score (nSPS) is 19.6. The van der Waals surface area contributed by atoms with Gasteiger partial charge in [-0.2, -0.15) is 0 Å². The van der Waals surface area contributed by atoms with Gasteiger partial charge < -0.3 is 9.64 Å². The highest BCUT2D eigenvalue weighted by Crippen LogP contribution is 2.31. The van der Waals surface area contributed by atoms with Gasteiger partial charge in [-0.3, -0.25) is 0 Å². The maximum atomic E-state index is 5.91. The van der Waals surface area contributed by atoms with Crippen molar-refractivity contribution in [2.24, 2.45) is 0 Å². The first-order chi connectivity index (χ1) is 6.66. The van der Waals surface area contributed by atoms with E-state index in [0.29, 0.717) is 6.10 Å². The maximum absolute atomic E-state index is 5.91. The molecular weight excluding hydrogens is 174 g/mol. The standard InChI is InChI=1S/C12H17NO/c1-9-5-4-6-10-7-11(8-13(2)3)14-12(9)10/h4-6,11H,7-8H2,1-3H3. The fraction of sp³-hybridized carbons (Fsp3) is 0.500. The molecule has 1 aliphatic heterocycles. The number of hydrogen-bond donors (Lipinski definition) is 0. The highest BCUT2D eigenvalue weighted by atomic mass is 16.5. The van der Waals surface area contributed by atoms with Gasteiger partial charge in [-0.15, -0.1) is 0 Å². The third-order valence-corrected chi connectivity index (χ3v) is 2.59. The van der Waals surface area contributed by atoms with Crippen LogP contribution < -0.4 is 4.74 Å². The van der Waals surface area contributed by atoms with E-state index in [1.54, 1.807) is 0 Å². The highest BCUT2D eigenvalue weighted by Gasteiger charge is 2.23. The summed E-state index contributed by atoms with van der Waals surface area (Å²) in [5.41, 5.74) is 2.61. The number of ether oxygens (including phenoxy) is 1. The van der Waals surface area contributed by atoms with Gasteiger partial charge in [-0.05, 0) is 32.1 Å². The van der Waals surface area contributed by atoms with Crippen LogP contribution in [0.5, 0.6) is 5.75 Å². The molecule has 0 bridgehead atoms. The zero-order valence-electron chi connectivity index (χ0n) is 9.08. The molecule has 1 heterocycles. The van der Waals surface area contributed by atoms with E-state index in [4.69, 9.17) is 4.74 Å². The van der Waals surface area contributed by atoms with Crippen molar-refractivity contribution in [3.8, 4) is 5.75 Å². The van der Waals surface area contributed by atoms with E-state index in [2.05, 4.69) is 44.1 Å². The van der Waals surface area contributed by atoms with E-state index in [0.717, 1.165) is 18.7 Å². The Morgan fingerprint density at radius 1 is 1.43 bits per heavy atom. The van der Waals surface area contributed by atoms with Crippen LogP contribution in [0, 0.1) is 6.92 Å². The number of para-hydroxylation sites is 1. The van der Waals surface area contributed by atoms with Crippen molar-refractivity contribution in [1.29, 1.82) is 0 Å². The van der Waals surface area contributed by atoms with Crippen LogP contribution in [0.4, 0.5) is 0 Å². The molecule has 0 saturated heterocycles. The molecule has 0 fully saturated rings. The molecule has 0 spiro atoms. The van der Waals surface area contributed by atoms with Gasteiger partial charge in [0.25, 0.3) is 0 Å². The van der Waals surface area contributed by atoms with Crippen molar-refractivity contribution >= 4 is 0 Å². The minimum atomic E-state index is 0.334. The van der Waals surface area contributed by atoms with Gasteiger partial charge in [0.15, 0.2) is 0 Å². The fourth-order valence-corrected chi connectivity index (χ4v) is 2.01. The van der Waals surface area contributed by atoms with Crippen LogP contribution >= 0.6 is 0 Å². The second-order valence-electron chi connectivity index (χ2n) is 4.27. The lowest BCUT2D eigenvalue weighted by molar-refractivity contribution is 0.183. The summed E-state index contributed by atoms with van der Waals surface area (Å²) in [6.45, 7) is 3.10. The molecule has 2 heteroatoms. The number of rotatable bonds is 2. The Morgan fingerprint density at radius 3 is 2.86 bits per heavy atom. The number of likely N-dealkylation sites (N-methyl/N-ethyl adjacent to an activating group) is 1. The quantitative estimate of drug-likeness (QED) is 0.707. The summed E-state index contributed by atoms with van der Waals surface area (Å²) < 4.78 is 5.91. The Kier molecular flexibility index (Phi) is 2.46. The summed E-state index contributed by atoms with van der Waals surface area (Å²) >= 11 is 0. The van der Waals surface area contributed by atoms with Crippen LogP contribution in [0.2, 0.25) is 0 Å². The average Bonchev–Trinajstić information content (AvgIpc) is 2.47. The molecular formula is C12H17NO. The zero-order chi connectivity index (χ0) is 10.1. The van der Waals surface area contributed by atoms with Crippen LogP contribution in [0.3, 0.4) is 0 Å². The first kappa shape index (κ1) is 9.53. The molecule has 1 aromatic rings. The molecule has 0 aromatic heterocycles. The lowest BCUT2D eigenvalue weighted by atomic mass is 10.1. The van der Waals surface area contributed by atoms with Crippen molar-refractivity contribution in [3.63, 3.8) is 0 Å². The second kappa shape index (κ2) is 3.62. The van der Waals surface area contributed by atoms with Gasteiger partial charge in [0.1, 0.15) is 11.9 Å². The van der Waals surface area contributed by atoms with Crippen molar-refractivity contribution in [2.45, 2.75) is 19.4 Å². The molecule has 0 N–H and O–H groups in total. The number of fused-ring (bicyclic) bond motifs is 1. The molecule has 1 atom stereocenters. The smallest absolute Gasteiger partial charge is 0.126 e. The molecule has 2 rings (SSSR count). The molecule has 0 amide bonds. The summed E-state index contributed by atoms with van der Waals surface area (Å²) in [7, 11) is 4.17. The van der Waals surface area contributed by atoms with Gasteiger partial charge in [0.2, 0.25) is 0 Å². The van der Waals surface area contributed by atoms with Gasteiger partial charge in [-0.25, -0.2) is 0 Å². The molecule has 0 radical (unpaired) electrons. The van der Waals surface area contributed by atoms with E-state index < -0.39 is 0 Å². The number of benzene rings is 1. The van der Waals surface area contributed by atoms with E-state index in [1.165, 1.54) is 11.1 Å². The topological polar surface area (TPSA) is 12.5 Å². The van der Waals surface area contributed by atoms with Crippen molar-refractivity contribution < 1.29 is 4.74 Å². The predicted molar refractivity (Wildman–Crippen MR) is 57.9 cm³/mol. The van der Waals surface area contributed by atoms with Crippen LogP contribution in [0.1, 0.15) is 11.1 Å². The van der Waals surface area contributed by atoms with E-state index >= 15 is 0 Å². The van der Waals surface area contributed by atoms with Gasteiger partial charge in [0.05, 0.1) is 0 Å². The minimum Gasteiger partial charge on any atom is -0.488 e. The molecule has 2 nitrogen and oxygen atoms in total. The Morgan fingerprint density at radius 2 is 2.21 bits per heavy atom. The molecule has 0 saturated carbocycles. The van der Waals surface area contributed by atoms with Crippen molar-refractivity contribution in [2.75, 3.05) is 20.6 Å². The molecule has 1 unspecified atom stereocenters. The maximum Gasteiger partial charge on any atom is 0.126 e. The summed E-state index contributed by atoms with van der Waals surface area (Å²) in [6.07, 6.45) is 1.39. The summed E-state index contributed by atoms with van der Waals surface area (Å²) in [6, 6.07) is 6.38. The largest absolute Gasteiger partial charge is 0.488 e. The van der Waals surface area contributed by atoms with Crippen LogP contribution in [0.25, 0.3) is 0 Å². The SMILES string of the molecule is Cc1cccc2c1OC(CN(C)C)C2. The zero-order valence-corrected chi connectivity index (χ0v) is 9.08. The number of nitrogens with zero attached hydrogens (tertiary/aromatic N) is 1. The monoisotopic (exact) mass is 191 g/mol. The summed E-state index contributed by atoms with van der Waals surface area (Å²) in [5, 5.41) is 0.